The van der Waals surface area contributed by atoms with Crippen molar-refractivity contribution in [2.75, 3.05) is 5.32 Å². The monoisotopic (exact) mass is 360 g/mol. The number of hydrogen-bond acceptors (Lipinski definition) is 4. The van der Waals surface area contributed by atoms with E-state index in [0.29, 0.717) is 5.75 Å². The Balaban J connectivity index is 1.71. The molecule has 0 atom stereocenters. The van der Waals surface area contributed by atoms with Crippen LogP contribution in [-0.4, -0.2) is 10.9 Å². The molecule has 2 aromatic carbocycles. The highest BCUT2D eigenvalue weighted by Gasteiger charge is 2.14. The summed E-state index contributed by atoms with van der Waals surface area (Å²) in [7, 11) is 0. The number of thiazole rings is 1. The fraction of sp³-hybridized carbons (Fsp3) is 0.111. The molecule has 0 saturated carbocycles. The van der Waals surface area contributed by atoms with Gasteiger partial charge in [-0.25, -0.2) is 13.8 Å². The van der Waals surface area contributed by atoms with Crippen LogP contribution < -0.4 is 10.1 Å². The van der Waals surface area contributed by atoms with Gasteiger partial charge in [-0.05, 0) is 37.3 Å². The van der Waals surface area contributed by atoms with Crippen molar-refractivity contribution in [1.29, 1.82) is 0 Å². The third-order valence-electron chi connectivity index (χ3n) is 3.35. The van der Waals surface area contributed by atoms with Crippen LogP contribution in [0.1, 0.15) is 21.1 Å². The highest BCUT2D eigenvalue weighted by Crippen LogP contribution is 2.21. The van der Waals surface area contributed by atoms with Gasteiger partial charge >= 0.3 is 0 Å². The summed E-state index contributed by atoms with van der Waals surface area (Å²) in [5.74, 6) is -1.83. The Kier molecular flexibility index (Phi) is 5.04. The summed E-state index contributed by atoms with van der Waals surface area (Å²) in [5, 5.41) is 5.08. The molecule has 0 spiro atoms. The van der Waals surface area contributed by atoms with Crippen LogP contribution in [-0.2, 0) is 6.61 Å². The summed E-state index contributed by atoms with van der Waals surface area (Å²) in [6, 6.07) is 9.76. The zero-order chi connectivity index (χ0) is 17.8. The van der Waals surface area contributed by atoms with Crippen LogP contribution in [0.25, 0.3) is 0 Å². The van der Waals surface area contributed by atoms with Gasteiger partial charge in [0, 0.05) is 10.9 Å². The van der Waals surface area contributed by atoms with E-state index in [2.05, 4.69) is 10.3 Å². The van der Waals surface area contributed by atoms with Crippen molar-refractivity contribution >= 4 is 22.9 Å². The smallest absolute Gasteiger partial charge is 0.255 e. The van der Waals surface area contributed by atoms with Crippen LogP contribution in [0.5, 0.6) is 5.75 Å². The van der Waals surface area contributed by atoms with Crippen LogP contribution in [0.4, 0.5) is 14.5 Å². The molecule has 0 aliphatic heterocycles. The molecule has 0 radical (unpaired) electrons. The summed E-state index contributed by atoms with van der Waals surface area (Å²) in [5.41, 5.74) is 0.553. The maximum Gasteiger partial charge on any atom is 0.255 e. The number of halogens is 2. The van der Waals surface area contributed by atoms with E-state index >= 15 is 0 Å². The van der Waals surface area contributed by atoms with E-state index in [-0.39, 0.29) is 12.2 Å². The van der Waals surface area contributed by atoms with E-state index in [9.17, 15) is 13.6 Å². The van der Waals surface area contributed by atoms with E-state index < -0.39 is 23.2 Å². The van der Waals surface area contributed by atoms with Crippen molar-refractivity contribution in [3.63, 3.8) is 0 Å². The number of anilines is 1. The van der Waals surface area contributed by atoms with Gasteiger partial charge in [0.2, 0.25) is 0 Å². The highest BCUT2D eigenvalue weighted by molar-refractivity contribution is 7.09. The predicted octanol–water partition coefficient (Wildman–Crippen LogP) is 4.56. The second kappa shape index (κ2) is 7.40. The average Bonchev–Trinajstić information content (AvgIpc) is 3.02. The summed E-state index contributed by atoms with van der Waals surface area (Å²) in [4.78, 5) is 16.5. The Morgan fingerprint density at radius 3 is 2.60 bits per heavy atom. The molecule has 3 rings (SSSR count). The fourth-order valence-corrected chi connectivity index (χ4v) is 2.76. The molecule has 0 bridgehead atoms. The van der Waals surface area contributed by atoms with Gasteiger partial charge in [-0.1, -0.05) is 12.1 Å². The van der Waals surface area contributed by atoms with Crippen molar-refractivity contribution in [2.24, 2.45) is 0 Å². The predicted molar refractivity (Wildman–Crippen MR) is 91.9 cm³/mol. The van der Waals surface area contributed by atoms with Crippen LogP contribution in [0.3, 0.4) is 0 Å². The molecule has 0 saturated heterocycles. The number of benzene rings is 2. The summed E-state index contributed by atoms with van der Waals surface area (Å²) in [6.07, 6.45) is 0. The first-order valence-electron chi connectivity index (χ1n) is 7.42. The lowest BCUT2D eigenvalue weighted by Crippen LogP contribution is -2.14. The second-order valence-electron chi connectivity index (χ2n) is 5.23. The molecule has 1 N–H and O–H groups in total. The van der Waals surface area contributed by atoms with Crippen molar-refractivity contribution < 1.29 is 18.3 Å². The van der Waals surface area contributed by atoms with Gasteiger partial charge in [-0.2, -0.15) is 0 Å². The minimum atomic E-state index is -0.834. The molecule has 0 aliphatic carbocycles. The van der Waals surface area contributed by atoms with Crippen molar-refractivity contribution in [1.82, 2.24) is 4.98 Å². The van der Waals surface area contributed by atoms with Crippen LogP contribution in [0, 0.1) is 18.6 Å². The molecule has 7 heteroatoms. The largest absolute Gasteiger partial charge is 0.487 e. The van der Waals surface area contributed by atoms with Crippen molar-refractivity contribution in [2.45, 2.75) is 13.5 Å². The lowest BCUT2D eigenvalue weighted by atomic mass is 10.2. The average molecular weight is 360 g/mol. The third-order valence-corrected chi connectivity index (χ3v) is 4.17. The maximum atomic E-state index is 13.6. The maximum absolute atomic E-state index is 13.6. The minimum absolute atomic E-state index is 0.231. The fourth-order valence-electron chi connectivity index (χ4n) is 2.16. The zero-order valence-electron chi connectivity index (χ0n) is 13.3. The minimum Gasteiger partial charge on any atom is -0.487 e. The lowest BCUT2D eigenvalue weighted by molar-refractivity contribution is 0.102. The normalized spacial score (nSPS) is 10.5. The number of nitrogens with one attached hydrogen (secondary N) is 1. The number of ether oxygens (including phenoxy) is 1. The Hall–Kier alpha value is -2.80. The van der Waals surface area contributed by atoms with Crippen LogP contribution in [0.2, 0.25) is 0 Å². The number of carbonyl (C=O) groups is 1. The first kappa shape index (κ1) is 17.0. The molecule has 0 unspecified atom stereocenters. The molecule has 128 valence electrons. The molecule has 1 heterocycles. The number of amides is 1. The number of aryl methyl sites for hydroxylation is 1. The SMILES string of the molecule is Cc1nc(COc2cccc(C(=O)Nc3c(F)cccc3F)c2)cs1. The number of rotatable bonds is 5. The quantitative estimate of drug-likeness (QED) is 0.726. The van der Waals surface area contributed by atoms with Gasteiger partial charge in [0.1, 0.15) is 29.7 Å². The Bertz CT molecular complexity index is 891. The zero-order valence-corrected chi connectivity index (χ0v) is 14.1. The van der Waals surface area contributed by atoms with Gasteiger partial charge < -0.3 is 10.1 Å². The number of para-hydroxylation sites is 1. The van der Waals surface area contributed by atoms with Crippen molar-refractivity contribution in [3.05, 3.63) is 75.7 Å². The Morgan fingerprint density at radius 1 is 1.20 bits per heavy atom. The molecular formula is C18H14F2N2O2S. The molecule has 4 nitrogen and oxygen atoms in total. The standard InChI is InChI=1S/C18H14F2N2O2S/c1-11-21-13(10-25-11)9-24-14-5-2-4-12(8-14)18(23)22-17-15(19)6-3-7-16(17)20/h2-8,10H,9H2,1H3,(H,22,23). The van der Waals surface area contributed by atoms with Crippen molar-refractivity contribution in [3.8, 4) is 5.75 Å². The number of hydrogen-bond donors (Lipinski definition) is 1. The van der Waals surface area contributed by atoms with Crippen LogP contribution >= 0.6 is 11.3 Å². The summed E-state index contributed by atoms with van der Waals surface area (Å²) in [6.45, 7) is 2.18. The van der Waals surface area contributed by atoms with Gasteiger partial charge in [0.05, 0.1) is 10.7 Å². The van der Waals surface area contributed by atoms with Gasteiger partial charge in [-0.3, -0.25) is 4.79 Å². The Labute approximate surface area is 147 Å². The second-order valence-corrected chi connectivity index (χ2v) is 6.29. The molecule has 1 amide bonds. The Morgan fingerprint density at radius 2 is 1.92 bits per heavy atom. The summed E-state index contributed by atoms with van der Waals surface area (Å²) >= 11 is 1.53. The third kappa shape index (κ3) is 4.19. The van der Waals surface area contributed by atoms with Crippen LogP contribution in [0.15, 0.2) is 47.8 Å². The van der Waals surface area contributed by atoms with Gasteiger partial charge in [0.15, 0.2) is 0 Å². The topological polar surface area (TPSA) is 51.2 Å². The van der Waals surface area contributed by atoms with E-state index in [1.165, 1.54) is 29.5 Å². The highest BCUT2D eigenvalue weighted by atomic mass is 32.1. The van der Waals surface area contributed by atoms with E-state index in [0.717, 1.165) is 22.8 Å². The molecule has 1 aromatic heterocycles. The molecule has 25 heavy (non-hydrogen) atoms. The molecule has 0 aliphatic rings. The number of carbonyl (C=O) groups excluding carboxylic acids is 1. The first-order chi connectivity index (χ1) is 12.0. The van der Waals surface area contributed by atoms with E-state index in [1.54, 1.807) is 12.1 Å². The molecule has 0 fully saturated rings. The molecular weight excluding hydrogens is 346 g/mol. The van der Waals surface area contributed by atoms with E-state index in [1.807, 2.05) is 12.3 Å². The number of aromatic nitrogens is 1. The van der Waals surface area contributed by atoms with Gasteiger partial charge in [0.25, 0.3) is 5.91 Å². The van der Waals surface area contributed by atoms with E-state index in [4.69, 9.17) is 4.74 Å². The first-order valence-corrected chi connectivity index (χ1v) is 8.30. The van der Waals surface area contributed by atoms with Gasteiger partial charge in [-0.15, -0.1) is 11.3 Å². The lowest BCUT2D eigenvalue weighted by Gasteiger charge is -2.09. The summed E-state index contributed by atoms with van der Waals surface area (Å²) < 4.78 is 32.9. The number of nitrogens with zero attached hydrogens (tertiary/aromatic N) is 1. The molecule has 3 aromatic rings.